The van der Waals surface area contributed by atoms with Gasteiger partial charge in [-0.2, -0.15) is 18.3 Å². The maximum absolute atomic E-state index is 12.5. The maximum atomic E-state index is 12.5. The van der Waals surface area contributed by atoms with Crippen molar-refractivity contribution in [3.8, 4) is 0 Å². The molecule has 0 fully saturated rings. The van der Waals surface area contributed by atoms with Crippen molar-refractivity contribution in [1.82, 2.24) is 9.61 Å². The van der Waals surface area contributed by atoms with Gasteiger partial charge in [-0.3, -0.25) is 4.79 Å². The SMILES string of the molecule is Cc1nn2ccccc2c1C(=O)CCc1ccc(C(F)(F)F)cc1. The summed E-state index contributed by atoms with van der Waals surface area (Å²) in [5.41, 5.74) is 1.98. The number of alkyl halides is 3. The van der Waals surface area contributed by atoms with Gasteiger partial charge in [0.2, 0.25) is 0 Å². The predicted molar refractivity (Wildman–Crippen MR) is 84.0 cm³/mol. The molecule has 0 atom stereocenters. The molecule has 3 nitrogen and oxygen atoms in total. The summed E-state index contributed by atoms with van der Waals surface area (Å²) in [6.45, 7) is 1.78. The Labute approximate surface area is 136 Å². The number of Topliss-reactive ketones (excluding diaryl/α,β-unsaturated/α-hetero) is 1. The minimum Gasteiger partial charge on any atom is -0.294 e. The average molecular weight is 332 g/mol. The fraction of sp³-hybridized carbons (Fsp3) is 0.222. The average Bonchev–Trinajstić information content (AvgIpc) is 2.88. The highest BCUT2D eigenvalue weighted by Crippen LogP contribution is 2.29. The first kappa shape index (κ1) is 16.2. The van der Waals surface area contributed by atoms with Gasteiger partial charge in [-0.15, -0.1) is 0 Å². The van der Waals surface area contributed by atoms with E-state index in [0.29, 0.717) is 23.2 Å². The van der Waals surface area contributed by atoms with Crippen LogP contribution in [0, 0.1) is 6.92 Å². The number of ketones is 1. The van der Waals surface area contributed by atoms with Gasteiger partial charge in [0.05, 0.1) is 22.3 Å². The van der Waals surface area contributed by atoms with Crippen molar-refractivity contribution < 1.29 is 18.0 Å². The summed E-state index contributed by atoms with van der Waals surface area (Å²) in [7, 11) is 0. The highest BCUT2D eigenvalue weighted by atomic mass is 19.4. The van der Waals surface area contributed by atoms with Crippen LogP contribution in [0.2, 0.25) is 0 Å². The van der Waals surface area contributed by atoms with Crippen LogP contribution < -0.4 is 0 Å². The summed E-state index contributed by atoms with van der Waals surface area (Å²) < 4.78 is 39.3. The molecule has 0 aliphatic heterocycles. The number of carbonyl (C=O) groups excluding carboxylic acids is 1. The van der Waals surface area contributed by atoms with Gasteiger partial charge in [-0.25, -0.2) is 4.52 Å². The predicted octanol–water partition coefficient (Wildman–Crippen LogP) is 4.48. The number of benzene rings is 1. The molecule has 0 spiro atoms. The smallest absolute Gasteiger partial charge is 0.294 e. The van der Waals surface area contributed by atoms with Gasteiger partial charge >= 0.3 is 6.18 Å². The van der Waals surface area contributed by atoms with Crippen molar-refractivity contribution in [2.45, 2.75) is 25.9 Å². The number of rotatable bonds is 4. The summed E-state index contributed by atoms with van der Waals surface area (Å²) in [5, 5.41) is 4.30. The number of nitrogens with zero attached hydrogens (tertiary/aromatic N) is 2. The summed E-state index contributed by atoms with van der Waals surface area (Å²) in [5.74, 6) is -0.0615. The van der Waals surface area contributed by atoms with E-state index in [9.17, 15) is 18.0 Å². The molecular formula is C18H15F3N2O. The minimum absolute atomic E-state index is 0.0615. The largest absolute Gasteiger partial charge is 0.416 e. The molecule has 0 unspecified atom stereocenters. The Bertz CT molecular complexity index is 879. The number of aryl methyl sites for hydroxylation is 2. The quantitative estimate of drug-likeness (QED) is 0.660. The van der Waals surface area contributed by atoms with Crippen LogP contribution in [-0.4, -0.2) is 15.4 Å². The van der Waals surface area contributed by atoms with E-state index in [1.165, 1.54) is 12.1 Å². The number of carbonyl (C=O) groups is 1. The van der Waals surface area contributed by atoms with Gasteiger partial charge in [0, 0.05) is 12.6 Å². The van der Waals surface area contributed by atoms with Crippen LogP contribution in [0.1, 0.15) is 33.6 Å². The number of fused-ring (bicyclic) bond motifs is 1. The Morgan fingerprint density at radius 1 is 1.12 bits per heavy atom. The van der Waals surface area contributed by atoms with E-state index in [0.717, 1.165) is 17.6 Å². The Morgan fingerprint density at radius 2 is 1.83 bits per heavy atom. The molecule has 0 aliphatic carbocycles. The first-order valence-corrected chi connectivity index (χ1v) is 7.49. The zero-order chi connectivity index (χ0) is 17.3. The lowest BCUT2D eigenvalue weighted by atomic mass is 10.0. The summed E-state index contributed by atoms with van der Waals surface area (Å²) in [6, 6.07) is 10.4. The van der Waals surface area contributed by atoms with Crippen molar-refractivity contribution in [3.63, 3.8) is 0 Å². The first-order valence-electron chi connectivity index (χ1n) is 7.49. The van der Waals surface area contributed by atoms with Crippen LogP contribution >= 0.6 is 0 Å². The third-order valence-electron chi connectivity index (χ3n) is 3.92. The van der Waals surface area contributed by atoms with Gasteiger partial charge in [-0.1, -0.05) is 18.2 Å². The first-order chi connectivity index (χ1) is 11.4. The summed E-state index contributed by atoms with van der Waals surface area (Å²) in [4.78, 5) is 12.5. The fourth-order valence-corrected chi connectivity index (χ4v) is 2.70. The van der Waals surface area contributed by atoms with Gasteiger partial charge in [0.15, 0.2) is 5.78 Å². The molecule has 0 radical (unpaired) electrons. The van der Waals surface area contributed by atoms with Crippen LogP contribution in [-0.2, 0) is 12.6 Å². The van der Waals surface area contributed by atoms with Crippen LogP contribution in [0.4, 0.5) is 13.2 Å². The highest BCUT2D eigenvalue weighted by Gasteiger charge is 2.29. The molecule has 124 valence electrons. The molecule has 1 aromatic carbocycles. The molecule has 0 amide bonds. The minimum atomic E-state index is -4.34. The van der Waals surface area contributed by atoms with Crippen molar-refractivity contribution in [2.24, 2.45) is 0 Å². The van der Waals surface area contributed by atoms with Crippen molar-refractivity contribution in [1.29, 1.82) is 0 Å². The number of hydrogen-bond donors (Lipinski definition) is 0. The van der Waals surface area contributed by atoms with E-state index >= 15 is 0 Å². The second kappa shape index (κ2) is 6.11. The van der Waals surface area contributed by atoms with Crippen molar-refractivity contribution in [3.05, 3.63) is 71.0 Å². The van der Waals surface area contributed by atoms with Gasteiger partial charge < -0.3 is 0 Å². The lowest BCUT2D eigenvalue weighted by Crippen LogP contribution is -2.05. The monoisotopic (exact) mass is 332 g/mol. The Hall–Kier alpha value is -2.63. The van der Waals surface area contributed by atoms with E-state index in [1.807, 2.05) is 18.2 Å². The number of halogens is 3. The third-order valence-corrected chi connectivity index (χ3v) is 3.92. The van der Waals surface area contributed by atoms with E-state index < -0.39 is 11.7 Å². The normalized spacial score (nSPS) is 11.8. The second-order valence-electron chi connectivity index (χ2n) is 5.61. The van der Waals surface area contributed by atoms with Crippen molar-refractivity contribution in [2.75, 3.05) is 0 Å². The van der Waals surface area contributed by atoms with E-state index in [2.05, 4.69) is 5.10 Å². The number of aromatic nitrogens is 2. The Morgan fingerprint density at radius 3 is 2.50 bits per heavy atom. The zero-order valence-corrected chi connectivity index (χ0v) is 13.0. The second-order valence-corrected chi connectivity index (χ2v) is 5.61. The molecule has 0 N–H and O–H groups in total. The van der Waals surface area contributed by atoms with E-state index in [1.54, 1.807) is 17.6 Å². The zero-order valence-electron chi connectivity index (χ0n) is 13.0. The molecule has 3 rings (SSSR count). The molecule has 24 heavy (non-hydrogen) atoms. The molecule has 0 saturated heterocycles. The van der Waals surface area contributed by atoms with Crippen LogP contribution in [0.15, 0.2) is 48.7 Å². The molecule has 3 aromatic rings. The molecule has 6 heteroatoms. The molecule has 2 aromatic heterocycles. The fourth-order valence-electron chi connectivity index (χ4n) is 2.70. The van der Waals surface area contributed by atoms with Crippen LogP contribution in [0.3, 0.4) is 0 Å². The summed E-state index contributed by atoms with van der Waals surface area (Å²) in [6.07, 6.45) is -1.96. The molecule has 0 bridgehead atoms. The Kier molecular flexibility index (Phi) is 4.13. The lowest BCUT2D eigenvalue weighted by molar-refractivity contribution is -0.137. The Balaban J connectivity index is 1.74. The molecule has 2 heterocycles. The summed E-state index contributed by atoms with van der Waals surface area (Å²) >= 11 is 0. The maximum Gasteiger partial charge on any atom is 0.416 e. The third kappa shape index (κ3) is 3.18. The molecule has 0 aliphatic rings. The van der Waals surface area contributed by atoms with Gasteiger partial charge in [-0.05, 0) is 43.2 Å². The standard InChI is InChI=1S/C18H15F3N2O/c1-12-17(15-4-2-3-11-23(15)22-12)16(24)10-7-13-5-8-14(9-6-13)18(19,20)21/h2-6,8-9,11H,7,10H2,1H3. The molecule has 0 saturated carbocycles. The van der Waals surface area contributed by atoms with E-state index in [4.69, 9.17) is 0 Å². The van der Waals surface area contributed by atoms with Crippen molar-refractivity contribution >= 4 is 11.3 Å². The van der Waals surface area contributed by atoms with Gasteiger partial charge in [0.1, 0.15) is 0 Å². The molecular weight excluding hydrogens is 317 g/mol. The van der Waals surface area contributed by atoms with Crippen LogP contribution in [0.25, 0.3) is 5.52 Å². The topological polar surface area (TPSA) is 34.4 Å². The lowest BCUT2D eigenvalue weighted by Gasteiger charge is -2.07. The number of pyridine rings is 1. The number of hydrogen-bond acceptors (Lipinski definition) is 2. The van der Waals surface area contributed by atoms with Gasteiger partial charge in [0.25, 0.3) is 0 Å². The highest BCUT2D eigenvalue weighted by molar-refractivity contribution is 6.03. The van der Waals surface area contributed by atoms with Crippen LogP contribution in [0.5, 0.6) is 0 Å². The van der Waals surface area contributed by atoms with E-state index in [-0.39, 0.29) is 12.2 Å².